The molecule has 0 atom stereocenters. The second-order valence-electron chi connectivity index (χ2n) is 6.08. The Labute approximate surface area is 161 Å². The van der Waals surface area contributed by atoms with Crippen molar-refractivity contribution >= 4 is 41.1 Å². The Morgan fingerprint density at radius 3 is 2.54 bits per heavy atom. The molecule has 0 unspecified atom stereocenters. The number of esters is 1. The summed E-state index contributed by atoms with van der Waals surface area (Å²) in [6, 6.07) is 3.40. The number of hydrogen-bond donors (Lipinski definition) is 1. The molecule has 26 heavy (non-hydrogen) atoms. The molecule has 10 heteroatoms. The Morgan fingerprint density at radius 1 is 1.27 bits per heavy atom. The molecular formula is C16H23ClN2O6S. The molecular weight excluding hydrogens is 384 g/mol. The zero-order chi connectivity index (χ0) is 19.7. The van der Waals surface area contributed by atoms with Gasteiger partial charge in [0.15, 0.2) is 0 Å². The van der Waals surface area contributed by atoms with E-state index in [2.05, 4.69) is 10.2 Å². The van der Waals surface area contributed by atoms with E-state index in [4.69, 9.17) is 21.1 Å². The number of halogens is 1. The van der Waals surface area contributed by atoms with Crippen LogP contribution in [0.2, 0.25) is 0 Å². The van der Waals surface area contributed by atoms with Gasteiger partial charge in [0.25, 0.3) is 0 Å². The third-order valence-electron chi connectivity index (χ3n) is 2.78. The number of thiophene rings is 1. The van der Waals surface area contributed by atoms with E-state index in [1.807, 2.05) is 0 Å². The fraction of sp³-hybridized carbons (Fsp3) is 0.562. The van der Waals surface area contributed by atoms with Gasteiger partial charge in [-0.1, -0.05) is 0 Å². The van der Waals surface area contributed by atoms with E-state index < -0.39 is 23.8 Å². The van der Waals surface area contributed by atoms with E-state index in [0.29, 0.717) is 11.3 Å². The lowest BCUT2D eigenvalue weighted by atomic mass is 10.2. The largest absolute Gasteiger partial charge is 0.465 e. The summed E-state index contributed by atoms with van der Waals surface area (Å²) in [6.07, 6.45) is -1.13. The zero-order valence-electron chi connectivity index (χ0n) is 15.2. The molecule has 1 N–H and O–H groups in total. The number of carbonyl (C=O) groups is 3. The smallest absolute Gasteiger partial charge is 0.428 e. The van der Waals surface area contributed by atoms with Crippen LogP contribution in [-0.2, 0) is 20.6 Å². The highest BCUT2D eigenvalue weighted by atomic mass is 35.5. The van der Waals surface area contributed by atoms with Crippen LogP contribution < -0.4 is 5.43 Å². The maximum absolute atomic E-state index is 12.1. The Kier molecular flexibility index (Phi) is 8.67. The highest BCUT2D eigenvalue weighted by Crippen LogP contribution is 2.18. The number of nitrogens with one attached hydrogen (secondary N) is 1. The maximum Gasteiger partial charge on any atom is 0.428 e. The van der Waals surface area contributed by atoms with Crippen molar-refractivity contribution in [3.8, 4) is 0 Å². The first-order valence-electron chi connectivity index (χ1n) is 7.83. The number of hydrogen-bond acceptors (Lipinski definition) is 7. The number of methoxy groups -OCH3 is 1. The molecule has 0 aliphatic heterocycles. The summed E-state index contributed by atoms with van der Waals surface area (Å²) in [5.74, 6) is -0.286. The number of nitrogens with zero attached hydrogens (tertiary/aromatic N) is 1. The summed E-state index contributed by atoms with van der Waals surface area (Å²) in [6.45, 7) is 5.27. The molecule has 1 heterocycles. The zero-order valence-corrected chi connectivity index (χ0v) is 16.7. The molecule has 1 aromatic rings. The van der Waals surface area contributed by atoms with Gasteiger partial charge in [-0.15, -0.1) is 22.9 Å². The first-order chi connectivity index (χ1) is 12.2. The van der Waals surface area contributed by atoms with Crippen LogP contribution in [0, 0.1) is 0 Å². The Bertz CT molecular complexity index is 629. The summed E-state index contributed by atoms with van der Waals surface area (Å²) in [5.41, 5.74) is 1.65. The number of hydrazine groups is 1. The van der Waals surface area contributed by atoms with Crippen LogP contribution in [0.5, 0.6) is 0 Å². The quantitative estimate of drug-likeness (QED) is 0.337. The van der Waals surface area contributed by atoms with Crippen LogP contribution in [0.1, 0.15) is 35.3 Å². The molecule has 0 saturated carbocycles. The third-order valence-corrected chi connectivity index (χ3v) is 4.06. The van der Waals surface area contributed by atoms with Crippen molar-refractivity contribution < 1.29 is 28.6 Å². The standard InChI is InChI=1S/C16H23ClN2O6S/c1-16(2,3)25-14(21)18-19(15(22)24-10-8-17)9-7-11-5-6-12(26-11)13(20)23-4/h5-6H,7-10H2,1-4H3,(H,18,21). The summed E-state index contributed by atoms with van der Waals surface area (Å²) in [5, 5.41) is 1.01. The van der Waals surface area contributed by atoms with E-state index in [1.54, 1.807) is 32.9 Å². The summed E-state index contributed by atoms with van der Waals surface area (Å²) in [7, 11) is 1.31. The minimum absolute atomic E-state index is 0.0123. The lowest BCUT2D eigenvalue weighted by Crippen LogP contribution is -2.49. The molecule has 0 bridgehead atoms. The number of amides is 2. The highest BCUT2D eigenvalue weighted by Gasteiger charge is 2.22. The fourth-order valence-electron chi connectivity index (χ4n) is 1.75. The number of carbonyl (C=O) groups excluding carboxylic acids is 3. The summed E-state index contributed by atoms with van der Waals surface area (Å²) < 4.78 is 14.7. The Morgan fingerprint density at radius 2 is 1.96 bits per heavy atom. The highest BCUT2D eigenvalue weighted by molar-refractivity contribution is 7.13. The molecule has 1 aromatic heterocycles. The number of ether oxygens (including phenoxy) is 3. The number of rotatable bonds is 6. The van der Waals surface area contributed by atoms with Gasteiger partial charge in [0.2, 0.25) is 0 Å². The molecule has 1 rings (SSSR count). The van der Waals surface area contributed by atoms with Gasteiger partial charge in [0.1, 0.15) is 17.1 Å². The van der Waals surface area contributed by atoms with E-state index in [1.165, 1.54) is 18.4 Å². The maximum atomic E-state index is 12.1. The number of alkyl halides is 1. The van der Waals surface area contributed by atoms with Crippen LogP contribution in [0.4, 0.5) is 9.59 Å². The first-order valence-corrected chi connectivity index (χ1v) is 9.18. The first kappa shape index (κ1) is 22.0. The van der Waals surface area contributed by atoms with Gasteiger partial charge in [-0.05, 0) is 32.9 Å². The lowest BCUT2D eigenvalue weighted by Gasteiger charge is -2.25. The minimum atomic E-state index is -0.776. The average Bonchev–Trinajstić information content (AvgIpc) is 3.02. The van der Waals surface area contributed by atoms with Gasteiger partial charge < -0.3 is 14.2 Å². The van der Waals surface area contributed by atoms with Crippen molar-refractivity contribution in [2.75, 3.05) is 26.1 Å². The van der Waals surface area contributed by atoms with Gasteiger partial charge in [-0.25, -0.2) is 24.8 Å². The fourth-order valence-corrected chi connectivity index (χ4v) is 2.74. The van der Waals surface area contributed by atoms with Gasteiger partial charge in [-0.3, -0.25) is 0 Å². The normalized spacial score (nSPS) is 10.8. The van der Waals surface area contributed by atoms with Crippen LogP contribution >= 0.6 is 22.9 Å². The van der Waals surface area contributed by atoms with Crippen molar-refractivity contribution in [1.82, 2.24) is 10.4 Å². The van der Waals surface area contributed by atoms with Gasteiger partial charge >= 0.3 is 18.2 Å². The predicted octanol–water partition coefficient (Wildman–Crippen LogP) is 3.19. The monoisotopic (exact) mass is 406 g/mol. The van der Waals surface area contributed by atoms with Gasteiger partial charge in [-0.2, -0.15) is 0 Å². The van der Waals surface area contributed by atoms with Gasteiger partial charge in [0, 0.05) is 11.3 Å². The Hall–Kier alpha value is -2.00. The van der Waals surface area contributed by atoms with Gasteiger partial charge in [0.05, 0.1) is 19.5 Å². The van der Waals surface area contributed by atoms with Crippen molar-refractivity contribution in [2.24, 2.45) is 0 Å². The van der Waals surface area contributed by atoms with Crippen LogP contribution in [0.15, 0.2) is 12.1 Å². The van der Waals surface area contributed by atoms with Crippen LogP contribution in [0.25, 0.3) is 0 Å². The molecule has 146 valence electrons. The van der Waals surface area contributed by atoms with Crippen LogP contribution in [-0.4, -0.2) is 54.9 Å². The molecule has 0 aliphatic rings. The molecule has 0 fully saturated rings. The topological polar surface area (TPSA) is 94.2 Å². The SMILES string of the molecule is COC(=O)c1ccc(CCN(NC(=O)OC(C)(C)C)C(=O)OCCCl)s1. The van der Waals surface area contributed by atoms with E-state index in [-0.39, 0.29) is 19.0 Å². The van der Waals surface area contributed by atoms with Crippen molar-refractivity contribution in [3.05, 3.63) is 21.9 Å². The minimum Gasteiger partial charge on any atom is -0.465 e. The second-order valence-corrected chi connectivity index (χ2v) is 7.62. The molecule has 2 amide bonds. The molecule has 0 spiro atoms. The van der Waals surface area contributed by atoms with E-state index >= 15 is 0 Å². The third kappa shape index (κ3) is 7.92. The molecule has 0 aliphatic carbocycles. The molecule has 8 nitrogen and oxygen atoms in total. The van der Waals surface area contributed by atoms with Crippen molar-refractivity contribution in [2.45, 2.75) is 32.8 Å². The summed E-state index contributed by atoms with van der Waals surface area (Å²) in [4.78, 5) is 36.8. The van der Waals surface area contributed by atoms with E-state index in [9.17, 15) is 14.4 Å². The Balaban J connectivity index is 2.72. The predicted molar refractivity (Wildman–Crippen MR) is 97.5 cm³/mol. The van der Waals surface area contributed by atoms with Crippen molar-refractivity contribution in [3.63, 3.8) is 0 Å². The summed E-state index contributed by atoms with van der Waals surface area (Å²) >= 11 is 6.76. The van der Waals surface area contributed by atoms with Crippen molar-refractivity contribution in [1.29, 1.82) is 0 Å². The van der Waals surface area contributed by atoms with Crippen LogP contribution in [0.3, 0.4) is 0 Å². The second kappa shape index (κ2) is 10.2. The molecule has 0 saturated heterocycles. The molecule has 0 aromatic carbocycles. The lowest BCUT2D eigenvalue weighted by molar-refractivity contribution is 0.0290. The average molecular weight is 407 g/mol. The van der Waals surface area contributed by atoms with E-state index in [0.717, 1.165) is 9.89 Å². The molecule has 0 radical (unpaired) electrons.